The first-order chi connectivity index (χ1) is 7.50. The van der Waals surface area contributed by atoms with Crippen LogP contribution in [0, 0.1) is 0 Å². The molecular formula is C9H13FN2O4. The van der Waals surface area contributed by atoms with Gasteiger partial charge in [-0.25, -0.2) is 18.8 Å². The minimum atomic E-state index is -2.49. The van der Waals surface area contributed by atoms with Gasteiger partial charge in [-0.15, -0.1) is 0 Å². The number of urea groups is 1. The lowest BCUT2D eigenvalue weighted by Crippen LogP contribution is -2.38. The SMILES string of the molecule is C[C@@H]1CCC2CN1C(=O)N2OC(F)C(=O)O. The average Bonchev–Trinajstić information content (AvgIpc) is 2.49. The van der Waals surface area contributed by atoms with Gasteiger partial charge in [-0.05, 0) is 19.8 Å². The lowest BCUT2D eigenvalue weighted by atomic mass is 10.0. The van der Waals surface area contributed by atoms with Crippen LogP contribution in [0.25, 0.3) is 0 Å². The fourth-order valence-electron chi connectivity index (χ4n) is 2.10. The maximum Gasteiger partial charge on any atom is 0.368 e. The Hall–Kier alpha value is -1.37. The molecule has 0 spiro atoms. The van der Waals surface area contributed by atoms with Crippen molar-refractivity contribution in [3.63, 3.8) is 0 Å². The number of carboxylic acids is 1. The number of carbonyl (C=O) groups is 2. The Bertz CT molecular complexity index is 325. The number of alkyl halides is 1. The first kappa shape index (κ1) is 11.1. The van der Waals surface area contributed by atoms with Crippen LogP contribution in [0.2, 0.25) is 0 Å². The number of hydrogen-bond acceptors (Lipinski definition) is 3. The lowest BCUT2D eigenvalue weighted by molar-refractivity contribution is -0.223. The molecule has 2 bridgehead atoms. The number of carboxylic acid groups (broad SMARTS) is 1. The van der Waals surface area contributed by atoms with E-state index in [9.17, 15) is 14.0 Å². The van der Waals surface area contributed by atoms with Crippen LogP contribution in [0.1, 0.15) is 19.8 Å². The van der Waals surface area contributed by atoms with Crippen molar-refractivity contribution in [2.45, 2.75) is 38.2 Å². The first-order valence-corrected chi connectivity index (χ1v) is 5.14. The highest BCUT2D eigenvalue weighted by Gasteiger charge is 2.45. The van der Waals surface area contributed by atoms with E-state index in [1.54, 1.807) is 4.90 Å². The van der Waals surface area contributed by atoms with Gasteiger partial charge in [0.25, 0.3) is 0 Å². The van der Waals surface area contributed by atoms with E-state index in [0.717, 1.165) is 11.5 Å². The molecule has 2 unspecified atom stereocenters. The molecule has 0 aromatic heterocycles. The molecule has 7 heteroatoms. The summed E-state index contributed by atoms with van der Waals surface area (Å²) >= 11 is 0. The highest BCUT2D eigenvalue weighted by molar-refractivity contribution is 5.77. The van der Waals surface area contributed by atoms with Crippen molar-refractivity contribution in [1.82, 2.24) is 9.96 Å². The van der Waals surface area contributed by atoms with E-state index in [-0.39, 0.29) is 12.1 Å². The second-order valence-corrected chi connectivity index (χ2v) is 4.10. The molecular weight excluding hydrogens is 219 g/mol. The van der Waals surface area contributed by atoms with Crippen molar-refractivity contribution in [3.8, 4) is 0 Å². The molecule has 2 amide bonds. The van der Waals surface area contributed by atoms with E-state index in [0.29, 0.717) is 13.0 Å². The van der Waals surface area contributed by atoms with Crippen LogP contribution in [0.4, 0.5) is 9.18 Å². The molecule has 1 N–H and O–H groups in total. The van der Waals surface area contributed by atoms with Gasteiger partial charge in [-0.3, -0.25) is 0 Å². The third-order valence-electron chi connectivity index (χ3n) is 3.02. The minimum absolute atomic E-state index is 0.0974. The Kier molecular flexibility index (Phi) is 2.71. The summed E-state index contributed by atoms with van der Waals surface area (Å²) in [5.74, 6) is -1.72. The van der Waals surface area contributed by atoms with E-state index in [1.165, 1.54) is 0 Å². The molecule has 2 fully saturated rings. The Labute approximate surface area is 91.5 Å². The summed E-state index contributed by atoms with van der Waals surface area (Å²) in [6.45, 7) is 2.38. The van der Waals surface area contributed by atoms with Crippen molar-refractivity contribution >= 4 is 12.0 Å². The molecule has 2 aliphatic heterocycles. The zero-order valence-electron chi connectivity index (χ0n) is 8.80. The summed E-state index contributed by atoms with van der Waals surface area (Å²) in [6, 6.07) is -0.583. The number of hydrogen-bond donors (Lipinski definition) is 1. The molecule has 0 aromatic rings. The van der Waals surface area contributed by atoms with E-state index in [4.69, 9.17) is 5.11 Å². The van der Waals surface area contributed by atoms with Gasteiger partial charge in [0.1, 0.15) is 0 Å². The predicted molar refractivity (Wildman–Crippen MR) is 50.0 cm³/mol. The highest BCUT2D eigenvalue weighted by Crippen LogP contribution is 2.30. The number of halogens is 1. The van der Waals surface area contributed by atoms with Gasteiger partial charge in [0.2, 0.25) is 0 Å². The van der Waals surface area contributed by atoms with Gasteiger partial charge in [-0.2, -0.15) is 5.06 Å². The molecule has 90 valence electrons. The molecule has 3 atom stereocenters. The summed E-state index contributed by atoms with van der Waals surface area (Å²) in [5.41, 5.74) is 0. The second kappa shape index (κ2) is 3.89. The van der Waals surface area contributed by atoms with Crippen LogP contribution in [-0.4, -0.2) is 52.1 Å². The van der Waals surface area contributed by atoms with Gasteiger partial charge >= 0.3 is 18.4 Å². The van der Waals surface area contributed by atoms with Gasteiger partial charge in [0.15, 0.2) is 0 Å². The summed E-state index contributed by atoms with van der Waals surface area (Å²) in [7, 11) is 0. The molecule has 0 saturated carbocycles. The summed E-state index contributed by atoms with van der Waals surface area (Å²) in [4.78, 5) is 28.1. The topological polar surface area (TPSA) is 70.1 Å². The Morgan fingerprint density at radius 2 is 2.31 bits per heavy atom. The van der Waals surface area contributed by atoms with Crippen LogP contribution in [-0.2, 0) is 9.63 Å². The molecule has 0 aromatic carbocycles. The third kappa shape index (κ3) is 1.71. The van der Waals surface area contributed by atoms with E-state index in [1.807, 2.05) is 6.92 Å². The monoisotopic (exact) mass is 232 g/mol. The van der Waals surface area contributed by atoms with Crippen LogP contribution in [0.5, 0.6) is 0 Å². The first-order valence-electron chi connectivity index (χ1n) is 5.14. The van der Waals surface area contributed by atoms with Crippen molar-refractivity contribution in [3.05, 3.63) is 0 Å². The predicted octanol–water partition coefficient (Wildman–Crippen LogP) is 0.587. The maximum absolute atomic E-state index is 12.9. The number of fused-ring (bicyclic) bond motifs is 2. The fraction of sp³-hybridized carbons (Fsp3) is 0.778. The third-order valence-corrected chi connectivity index (χ3v) is 3.02. The van der Waals surface area contributed by atoms with Crippen LogP contribution >= 0.6 is 0 Å². The largest absolute Gasteiger partial charge is 0.477 e. The van der Waals surface area contributed by atoms with Gasteiger partial charge < -0.3 is 10.0 Å². The zero-order chi connectivity index (χ0) is 11.9. The van der Waals surface area contributed by atoms with Crippen LogP contribution in [0.3, 0.4) is 0 Å². The number of hydroxylamine groups is 2. The summed E-state index contributed by atoms with van der Waals surface area (Å²) < 4.78 is 12.9. The minimum Gasteiger partial charge on any atom is -0.477 e. The zero-order valence-corrected chi connectivity index (χ0v) is 8.80. The molecule has 16 heavy (non-hydrogen) atoms. The Morgan fingerprint density at radius 1 is 1.62 bits per heavy atom. The number of nitrogens with zero attached hydrogens (tertiary/aromatic N) is 2. The Balaban J connectivity index is 2.06. The molecule has 6 nitrogen and oxygen atoms in total. The lowest BCUT2D eigenvalue weighted by Gasteiger charge is -2.27. The number of carbonyl (C=O) groups excluding carboxylic acids is 1. The standard InChI is InChI=1S/C9H13FN2O4/c1-5-2-3-6-4-11(5)9(15)12(6)16-7(10)8(13)14/h5-7H,2-4H2,1H3,(H,13,14)/t5-,6?,7?/m1/s1. The van der Waals surface area contributed by atoms with Crippen molar-refractivity contribution in [2.24, 2.45) is 0 Å². The number of amides is 2. The number of aliphatic carboxylic acids is 1. The smallest absolute Gasteiger partial charge is 0.368 e. The highest BCUT2D eigenvalue weighted by atomic mass is 19.1. The summed E-state index contributed by atoms with van der Waals surface area (Å²) in [6.07, 6.45) is -0.962. The van der Waals surface area contributed by atoms with Gasteiger partial charge in [-0.1, -0.05) is 0 Å². The van der Waals surface area contributed by atoms with Crippen LogP contribution < -0.4 is 0 Å². The number of rotatable bonds is 3. The van der Waals surface area contributed by atoms with E-state index < -0.39 is 18.4 Å². The molecule has 2 aliphatic rings. The van der Waals surface area contributed by atoms with Crippen molar-refractivity contribution in [1.29, 1.82) is 0 Å². The molecule has 2 heterocycles. The molecule has 2 rings (SSSR count). The number of piperidine rings is 1. The van der Waals surface area contributed by atoms with Crippen LogP contribution in [0.15, 0.2) is 0 Å². The van der Waals surface area contributed by atoms with E-state index in [2.05, 4.69) is 4.84 Å². The fourth-order valence-corrected chi connectivity index (χ4v) is 2.10. The average molecular weight is 232 g/mol. The van der Waals surface area contributed by atoms with E-state index >= 15 is 0 Å². The molecule has 0 radical (unpaired) electrons. The normalized spacial score (nSPS) is 30.8. The second-order valence-electron chi connectivity index (χ2n) is 4.10. The molecule has 2 saturated heterocycles. The molecule has 0 aliphatic carbocycles. The van der Waals surface area contributed by atoms with Gasteiger partial charge in [0, 0.05) is 12.6 Å². The quantitative estimate of drug-likeness (QED) is 0.773. The maximum atomic E-state index is 12.9. The van der Waals surface area contributed by atoms with Crippen molar-refractivity contribution < 1.29 is 23.9 Å². The van der Waals surface area contributed by atoms with Gasteiger partial charge in [0.05, 0.1) is 6.04 Å². The van der Waals surface area contributed by atoms with Crippen molar-refractivity contribution in [2.75, 3.05) is 6.54 Å². The Morgan fingerprint density at radius 3 is 2.88 bits per heavy atom. The summed E-state index contributed by atoms with van der Waals surface area (Å²) in [5, 5.41) is 9.23.